The molecule has 9 nitrogen and oxygen atoms in total. The number of esters is 1. The first-order valence-electron chi connectivity index (χ1n) is 6.86. The fraction of sp³-hybridized carbons (Fsp3) is 0.214. The summed E-state index contributed by atoms with van der Waals surface area (Å²) < 4.78 is 6.19. The van der Waals surface area contributed by atoms with E-state index in [1.165, 1.54) is 18.0 Å². The van der Waals surface area contributed by atoms with Crippen LogP contribution in [0.1, 0.15) is 11.5 Å². The van der Waals surface area contributed by atoms with E-state index in [9.17, 15) is 9.59 Å². The molecule has 0 radical (unpaired) electrons. The molecule has 2 aromatic heterocycles. The highest BCUT2D eigenvalue weighted by atomic mass is 16.5. The van der Waals surface area contributed by atoms with Crippen molar-refractivity contribution in [3.63, 3.8) is 0 Å². The molecule has 0 unspecified atom stereocenters. The lowest BCUT2D eigenvalue weighted by Gasteiger charge is -2.00. The van der Waals surface area contributed by atoms with Crippen LogP contribution in [0.2, 0.25) is 0 Å². The van der Waals surface area contributed by atoms with Crippen LogP contribution in [0.15, 0.2) is 41.3 Å². The highest BCUT2D eigenvalue weighted by Gasteiger charge is 2.11. The molecule has 23 heavy (non-hydrogen) atoms. The van der Waals surface area contributed by atoms with Crippen molar-refractivity contribution in [3.05, 3.63) is 58.5 Å². The summed E-state index contributed by atoms with van der Waals surface area (Å²) in [7, 11) is 1.51. The number of carbonyl (C=O) groups excluding carboxylic acids is 1. The highest BCUT2D eigenvalue weighted by molar-refractivity contribution is 5.71. The Labute approximate surface area is 130 Å². The van der Waals surface area contributed by atoms with Crippen LogP contribution < -0.4 is 5.69 Å². The van der Waals surface area contributed by atoms with Crippen molar-refractivity contribution in [3.8, 4) is 5.69 Å². The Hall–Kier alpha value is -3.23. The number of nitrogens with zero attached hydrogens (tertiary/aromatic N) is 5. The Morgan fingerprint density at radius 3 is 2.74 bits per heavy atom. The standard InChI is InChI=1S/C14H14N6O3/c1-19-14(22)16-12(18-19)9-23-13(21)7-10-8-15-20(17-10)11-5-3-2-4-6-11/h2-6,8H,7,9H2,1H3,(H,16,18,22). The van der Waals surface area contributed by atoms with Gasteiger partial charge in [-0.2, -0.15) is 20.1 Å². The Bertz CT molecular complexity index is 864. The molecule has 0 aliphatic rings. The van der Waals surface area contributed by atoms with E-state index in [1.54, 1.807) is 0 Å². The van der Waals surface area contributed by atoms with Crippen LogP contribution in [-0.2, 0) is 29.6 Å². The summed E-state index contributed by atoms with van der Waals surface area (Å²) >= 11 is 0. The number of nitrogens with one attached hydrogen (secondary N) is 1. The van der Waals surface area contributed by atoms with E-state index in [0.717, 1.165) is 10.4 Å². The zero-order valence-corrected chi connectivity index (χ0v) is 12.3. The Kier molecular flexibility index (Phi) is 4.00. The van der Waals surface area contributed by atoms with E-state index in [-0.39, 0.29) is 18.7 Å². The summed E-state index contributed by atoms with van der Waals surface area (Å²) in [5.41, 5.74) is 0.938. The van der Waals surface area contributed by atoms with Crippen LogP contribution in [0, 0.1) is 0 Å². The molecule has 0 saturated carbocycles. The quantitative estimate of drug-likeness (QED) is 0.663. The molecule has 0 spiro atoms. The van der Waals surface area contributed by atoms with Gasteiger partial charge in [-0.25, -0.2) is 9.48 Å². The molecule has 0 saturated heterocycles. The first kappa shape index (κ1) is 14.7. The number of benzene rings is 1. The predicted molar refractivity (Wildman–Crippen MR) is 78.7 cm³/mol. The van der Waals surface area contributed by atoms with Gasteiger partial charge in [0.15, 0.2) is 12.4 Å². The largest absolute Gasteiger partial charge is 0.457 e. The van der Waals surface area contributed by atoms with Gasteiger partial charge < -0.3 is 4.74 Å². The molecule has 0 atom stereocenters. The first-order valence-corrected chi connectivity index (χ1v) is 6.86. The number of H-pyrrole nitrogens is 1. The lowest BCUT2D eigenvalue weighted by atomic mass is 10.3. The van der Waals surface area contributed by atoms with Gasteiger partial charge in [-0.05, 0) is 12.1 Å². The summed E-state index contributed by atoms with van der Waals surface area (Å²) in [5.74, 6) is -0.185. The number of aromatic nitrogens is 6. The van der Waals surface area contributed by atoms with Crippen LogP contribution in [0.3, 0.4) is 0 Å². The van der Waals surface area contributed by atoms with Crippen LogP contribution in [0.25, 0.3) is 5.69 Å². The van der Waals surface area contributed by atoms with E-state index >= 15 is 0 Å². The van der Waals surface area contributed by atoms with Gasteiger partial charge in [0, 0.05) is 7.05 Å². The molecule has 118 valence electrons. The summed E-state index contributed by atoms with van der Waals surface area (Å²) in [6, 6.07) is 9.37. The molecule has 2 heterocycles. The normalized spacial score (nSPS) is 10.7. The van der Waals surface area contributed by atoms with Gasteiger partial charge >= 0.3 is 11.7 Å². The minimum absolute atomic E-state index is 0.0100. The van der Waals surface area contributed by atoms with Gasteiger partial charge in [0.2, 0.25) is 0 Å². The number of rotatable bonds is 5. The van der Waals surface area contributed by atoms with Gasteiger partial charge in [-0.3, -0.25) is 9.78 Å². The molecule has 9 heteroatoms. The Morgan fingerprint density at radius 2 is 2.04 bits per heavy atom. The van der Waals surface area contributed by atoms with Crippen molar-refractivity contribution in [1.29, 1.82) is 0 Å². The minimum atomic E-state index is -0.475. The topological polar surface area (TPSA) is 108 Å². The van der Waals surface area contributed by atoms with E-state index in [2.05, 4.69) is 20.3 Å². The third-order valence-corrected chi connectivity index (χ3v) is 3.04. The fourth-order valence-electron chi connectivity index (χ4n) is 1.93. The molecule has 3 aromatic rings. The zero-order chi connectivity index (χ0) is 16.2. The maximum atomic E-state index is 11.8. The summed E-state index contributed by atoms with van der Waals surface area (Å²) in [6.07, 6.45) is 1.50. The number of hydrogen-bond acceptors (Lipinski definition) is 6. The molecule has 1 aromatic carbocycles. The van der Waals surface area contributed by atoms with Crippen molar-refractivity contribution in [2.75, 3.05) is 0 Å². The summed E-state index contributed by atoms with van der Waals surface area (Å²) in [4.78, 5) is 26.9. The second-order valence-electron chi connectivity index (χ2n) is 4.80. The number of para-hydroxylation sites is 1. The van der Waals surface area contributed by atoms with Crippen molar-refractivity contribution in [1.82, 2.24) is 29.8 Å². The monoisotopic (exact) mass is 314 g/mol. The molecule has 1 N–H and O–H groups in total. The van der Waals surface area contributed by atoms with E-state index < -0.39 is 5.97 Å². The SMILES string of the molecule is Cn1nc(COC(=O)Cc2cnn(-c3ccccc3)n2)[nH]c1=O. The third kappa shape index (κ3) is 3.51. The van der Waals surface area contributed by atoms with E-state index in [0.29, 0.717) is 11.5 Å². The second kappa shape index (κ2) is 6.26. The van der Waals surface area contributed by atoms with Gasteiger partial charge in [0.25, 0.3) is 0 Å². The number of aromatic amines is 1. The lowest BCUT2D eigenvalue weighted by molar-refractivity contribution is -0.144. The van der Waals surface area contributed by atoms with Gasteiger partial charge in [-0.15, -0.1) is 0 Å². The third-order valence-electron chi connectivity index (χ3n) is 3.04. The van der Waals surface area contributed by atoms with Crippen molar-refractivity contribution in [2.24, 2.45) is 7.05 Å². The zero-order valence-electron chi connectivity index (χ0n) is 12.3. The van der Waals surface area contributed by atoms with Gasteiger partial charge in [-0.1, -0.05) is 18.2 Å². The molecule has 0 amide bonds. The summed E-state index contributed by atoms with van der Waals surface area (Å²) in [5, 5.41) is 12.2. The van der Waals surface area contributed by atoms with Crippen LogP contribution in [0.5, 0.6) is 0 Å². The Balaban J connectivity index is 1.58. The number of hydrogen-bond donors (Lipinski definition) is 1. The van der Waals surface area contributed by atoms with Crippen LogP contribution >= 0.6 is 0 Å². The molecular formula is C14H14N6O3. The maximum Gasteiger partial charge on any atom is 0.343 e. The Morgan fingerprint density at radius 1 is 1.26 bits per heavy atom. The summed E-state index contributed by atoms with van der Waals surface area (Å²) in [6.45, 7) is -0.0955. The highest BCUT2D eigenvalue weighted by Crippen LogP contribution is 2.05. The lowest BCUT2D eigenvalue weighted by Crippen LogP contribution is -2.13. The molecule has 0 aliphatic carbocycles. The molecule has 3 rings (SSSR count). The minimum Gasteiger partial charge on any atom is -0.457 e. The van der Waals surface area contributed by atoms with Crippen LogP contribution in [0.4, 0.5) is 0 Å². The van der Waals surface area contributed by atoms with Crippen LogP contribution in [-0.4, -0.2) is 35.7 Å². The average Bonchev–Trinajstić information content (AvgIpc) is 3.13. The fourth-order valence-corrected chi connectivity index (χ4v) is 1.93. The van der Waals surface area contributed by atoms with Crippen molar-refractivity contribution >= 4 is 5.97 Å². The van der Waals surface area contributed by atoms with E-state index in [1.807, 2.05) is 30.3 Å². The molecule has 0 fully saturated rings. The van der Waals surface area contributed by atoms with Gasteiger partial charge in [0.05, 0.1) is 24.0 Å². The maximum absolute atomic E-state index is 11.8. The smallest absolute Gasteiger partial charge is 0.343 e. The first-order chi connectivity index (χ1) is 11.1. The average molecular weight is 314 g/mol. The molecule has 0 aliphatic heterocycles. The second-order valence-corrected chi connectivity index (χ2v) is 4.80. The number of aryl methyl sites for hydroxylation is 1. The van der Waals surface area contributed by atoms with Gasteiger partial charge in [0.1, 0.15) is 0 Å². The van der Waals surface area contributed by atoms with Crippen molar-refractivity contribution < 1.29 is 9.53 Å². The molecule has 0 bridgehead atoms. The van der Waals surface area contributed by atoms with Crippen molar-refractivity contribution in [2.45, 2.75) is 13.0 Å². The number of ether oxygens (including phenoxy) is 1. The van der Waals surface area contributed by atoms with E-state index in [4.69, 9.17) is 4.74 Å². The molecular weight excluding hydrogens is 300 g/mol. The predicted octanol–water partition coefficient (Wildman–Crippen LogP) is -0.0250. The number of carbonyl (C=O) groups is 1.